The Labute approximate surface area is 463 Å². The molecule has 0 aromatic heterocycles. The normalized spacial score (nSPS) is 12.3. The molecule has 0 aliphatic carbocycles. The molecule has 436 valence electrons. The van der Waals surface area contributed by atoms with E-state index in [1.165, 1.54) is 289 Å². The van der Waals surface area contributed by atoms with Gasteiger partial charge in [0, 0.05) is 12.8 Å². The van der Waals surface area contributed by atoms with Gasteiger partial charge < -0.3 is 14.6 Å². The monoisotopic (exact) mass is 1040 g/mol. The highest BCUT2D eigenvalue weighted by atomic mass is 16.6. The van der Waals surface area contributed by atoms with Crippen molar-refractivity contribution in [2.45, 2.75) is 380 Å². The van der Waals surface area contributed by atoms with Crippen LogP contribution in [0.25, 0.3) is 0 Å². The zero-order valence-corrected chi connectivity index (χ0v) is 50.1. The molecule has 1 atom stereocenters. The Bertz CT molecular complexity index is 1170. The Morgan fingerprint density at radius 2 is 0.541 bits per heavy atom. The third-order valence-electron chi connectivity index (χ3n) is 15.4. The van der Waals surface area contributed by atoms with E-state index in [9.17, 15) is 14.7 Å². The lowest BCUT2D eigenvalue weighted by Gasteiger charge is -2.15. The van der Waals surface area contributed by atoms with E-state index in [4.69, 9.17) is 9.47 Å². The van der Waals surface area contributed by atoms with E-state index in [0.29, 0.717) is 12.8 Å². The van der Waals surface area contributed by atoms with Crippen molar-refractivity contribution in [3.05, 3.63) is 36.5 Å². The van der Waals surface area contributed by atoms with E-state index in [1.54, 1.807) is 0 Å². The van der Waals surface area contributed by atoms with E-state index >= 15 is 0 Å². The smallest absolute Gasteiger partial charge is 0.306 e. The molecule has 0 aliphatic rings. The van der Waals surface area contributed by atoms with Crippen LogP contribution in [0.3, 0.4) is 0 Å². The van der Waals surface area contributed by atoms with E-state index < -0.39 is 6.10 Å². The summed E-state index contributed by atoms with van der Waals surface area (Å²) in [5, 5.41) is 9.66. The molecule has 5 nitrogen and oxygen atoms in total. The number of aliphatic hydroxyl groups excluding tert-OH is 1. The SMILES string of the molecule is CCCCC/C=C\C/C=C\C/C=C\CCCCCCCCC(=O)OC(CO)COC(=O)CCCCCCCCCCCCCCCCCCCCCCCCCCCCCCCCCCCCCCCCCCC. The van der Waals surface area contributed by atoms with Crippen LogP contribution in [0.5, 0.6) is 0 Å². The first-order valence-electron chi connectivity index (χ1n) is 33.5. The lowest BCUT2D eigenvalue weighted by Crippen LogP contribution is -2.28. The van der Waals surface area contributed by atoms with Gasteiger partial charge in [-0.25, -0.2) is 0 Å². The number of unbranched alkanes of at least 4 members (excludes halogenated alkanes) is 49. The standard InChI is InChI=1S/C69H130O5/c1-3-5-7-9-11-13-15-17-19-21-23-24-25-26-27-28-29-30-31-32-33-34-35-36-37-38-39-40-41-42-43-44-46-47-49-51-53-55-57-59-61-63-68(71)73-66-67(65-70)74-69(72)64-62-60-58-56-54-52-50-48-45-22-20-18-16-14-12-10-8-6-4-2/h12,14,18,20,45,48,67,70H,3-11,13,15-17,19,21-44,46-47,49-66H2,1-2H3/b14-12-,20-18-,48-45-. The molecule has 5 heteroatoms. The molecule has 0 saturated heterocycles. The zero-order valence-electron chi connectivity index (χ0n) is 50.1. The van der Waals surface area contributed by atoms with Crippen LogP contribution in [-0.4, -0.2) is 36.4 Å². The molecule has 0 heterocycles. The molecule has 0 saturated carbocycles. The van der Waals surface area contributed by atoms with Gasteiger partial charge in [0.05, 0.1) is 6.61 Å². The molecular weight excluding hydrogens is 909 g/mol. The molecule has 74 heavy (non-hydrogen) atoms. The van der Waals surface area contributed by atoms with Gasteiger partial charge in [-0.3, -0.25) is 9.59 Å². The number of carbonyl (C=O) groups excluding carboxylic acids is 2. The average Bonchev–Trinajstić information content (AvgIpc) is 3.40. The molecule has 0 amide bonds. The van der Waals surface area contributed by atoms with Crippen molar-refractivity contribution in [3.63, 3.8) is 0 Å². The van der Waals surface area contributed by atoms with Gasteiger partial charge in [-0.15, -0.1) is 0 Å². The second-order valence-corrected chi connectivity index (χ2v) is 22.9. The number of esters is 2. The summed E-state index contributed by atoms with van der Waals surface area (Å²) >= 11 is 0. The van der Waals surface area contributed by atoms with Crippen molar-refractivity contribution >= 4 is 11.9 Å². The van der Waals surface area contributed by atoms with Gasteiger partial charge in [-0.2, -0.15) is 0 Å². The summed E-state index contributed by atoms with van der Waals surface area (Å²) in [6.45, 7) is 4.15. The summed E-state index contributed by atoms with van der Waals surface area (Å²) in [4.78, 5) is 24.5. The molecular formula is C69H130O5. The number of carbonyl (C=O) groups is 2. The fraction of sp³-hybridized carbons (Fsp3) is 0.884. The van der Waals surface area contributed by atoms with Crippen molar-refractivity contribution in [1.82, 2.24) is 0 Å². The van der Waals surface area contributed by atoms with Crippen molar-refractivity contribution in [2.24, 2.45) is 0 Å². The maximum Gasteiger partial charge on any atom is 0.306 e. The first-order valence-corrected chi connectivity index (χ1v) is 33.5. The van der Waals surface area contributed by atoms with E-state index in [-0.39, 0.29) is 25.2 Å². The van der Waals surface area contributed by atoms with Crippen molar-refractivity contribution in [1.29, 1.82) is 0 Å². The molecule has 0 spiro atoms. The van der Waals surface area contributed by atoms with Gasteiger partial charge in [0.1, 0.15) is 6.61 Å². The predicted molar refractivity (Wildman–Crippen MR) is 325 cm³/mol. The topological polar surface area (TPSA) is 72.8 Å². The molecule has 0 aliphatic heterocycles. The highest BCUT2D eigenvalue weighted by Crippen LogP contribution is 2.19. The lowest BCUT2D eigenvalue weighted by atomic mass is 10.0. The van der Waals surface area contributed by atoms with Crippen LogP contribution in [0, 0.1) is 0 Å². The van der Waals surface area contributed by atoms with Crippen LogP contribution in [0.4, 0.5) is 0 Å². The zero-order chi connectivity index (χ0) is 53.4. The Morgan fingerprint density at radius 3 is 0.838 bits per heavy atom. The molecule has 1 unspecified atom stereocenters. The Morgan fingerprint density at radius 1 is 0.311 bits per heavy atom. The highest BCUT2D eigenvalue weighted by molar-refractivity contribution is 5.70. The first kappa shape index (κ1) is 72.1. The first-order chi connectivity index (χ1) is 36.6. The van der Waals surface area contributed by atoms with Crippen LogP contribution >= 0.6 is 0 Å². The van der Waals surface area contributed by atoms with E-state index in [0.717, 1.165) is 57.8 Å². The third-order valence-corrected chi connectivity index (χ3v) is 15.4. The second kappa shape index (κ2) is 65.4. The minimum absolute atomic E-state index is 0.0674. The predicted octanol–water partition coefficient (Wildman–Crippen LogP) is 23.0. The number of rotatable bonds is 63. The summed E-state index contributed by atoms with van der Waals surface area (Å²) in [5.74, 6) is -0.588. The fourth-order valence-corrected chi connectivity index (χ4v) is 10.4. The maximum atomic E-state index is 12.3. The quantitative estimate of drug-likeness (QED) is 0.0373. The fourth-order valence-electron chi connectivity index (χ4n) is 10.4. The van der Waals surface area contributed by atoms with Crippen molar-refractivity contribution in [3.8, 4) is 0 Å². The average molecular weight is 1040 g/mol. The minimum Gasteiger partial charge on any atom is -0.462 e. The second-order valence-electron chi connectivity index (χ2n) is 22.9. The van der Waals surface area contributed by atoms with Crippen molar-refractivity contribution in [2.75, 3.05) is 13.2 Å². The van der Waals surface area contributed by atoms with Gasteiger partial charge in [0.2, 0.25) is 0 Å². The van der Waals surface area contributed by atoms with Crippen LogP contribution in [0.1, 0.15) is 373 Å². The molecule has 0 fully saturated rings. The van der Waals surface area contributed by atoms with Gasteiger partial charge in [0.15, 0.2) is 6.10 Å². The summed E-state index contributed by atoms with van der Waals surface area (Å²) in [5.41, 5.74) is 0. The molecule has 0 bridgehead atoms. The summed E-state index contributed by atoms with van der Waals surface area (Å²) in [6.07, 6.45) is 86.2. The Hall–Kier alpha value is -1.88. The number of hydrogen-bond acceptors (Lipinski definition) is 5. The number of ether oxygens (including phenoxy) is 2. The number of allylic oxidation sites excluding steroid dienone is 6. The van der Waals surface area contributed by atoms with E-state index in [2.05, 4.69) is 50.3 Å². The maximum absolute atomic E-state index is 12.3. The number of aliphatic hydroxyl groups is 1. The molecule has 0 radical (unpaired) electrons. The third kappa shape index (κ3) is 62.7. The van der Waals surface area contributed by atoms with Crippen LogP contribution < -0.4 is 0 Å². The summed E-state index contributed by atoms with van der Waals surface area (Å²) in [7, 11) is 0. The van der Waals surface area contributed by atoms with E-state index in [1.807, 2.05) is 0 Å². The lowest BCUT2D eigenvalue weighted by molar-refractivity contribution is -0.161. The van der Waals surface area contributed by atoms with Gasteiger partial charge in [0.25, 0.3) is 0 Å². The Kier molecular flexibility index (Phi) is 63.7. The van der Waals surface area contributed by atoms with Gasteiger partial charge >= 0.3 is 11.9 Å². The molecule has 0 aromatic carbocycles. The van der Waals surface area contributed by atoms with Gasteiger partial charge in [-0.1, -0.05) is 346 Å². The van der Waals surface area contributed by atoms with Gasteiger partial charge in [-0.05, 0) is 51.4 Å². The minimum atomic E-state index is -0.778. The largest absolute Gasteiger partial charge is 0.462 e. The summed E-state index contributed by atoms with van der Waals surface area (Å²) in [6, 6.07) is 0. The summed E-state index contributed by atoms with van der Waals surface area (Å²) < 4.78 is 10.7. The molecule has 0 aromatic rings. The Balaban J connectivity index is 3.35. The highest BCUT2D eigenvalue weighted by Gasteiger charge is 2.16. The van der Waals surface area contributed by atoms with Crippen LogP contribution in [0.2, 0.25) is 0 Å². The molecule has 1 N–H and O–H groups in total. The van der Waals surface area contributed by atoms with Crippen LogP contribution in [-0.2, 0) is 19.1 Å². The number of hydrogen-bond donors (Lipinski definition) is 1. The van der Waals surface area contributed by atoms with Crippen LogP contribution in [0.15, 0.2) is 36.5 Å². The van der Waals surface area contributed by atoms with Crippen molar-refractivity contribution < 1.29 is 24.2 Å². The molecule has 0 rings (SSSR count).